The molecule has 0 bridgehead atoms. The molecule has 6 heteroatoms. The van der Waals surface area contributed by atoms with E-state index in [9.17, 15) is 0 Å². The topological polar surface area (TPSA) is 53.5 Å². The number of methoxy groups -OCH3 is 1. The minimum Gasteiger partial charge on any atom is -0.477 e. The molecule has 0 unspecified atom stereocenters. The summed E-state index contributed by atoms with van der Waals surface area (Å²) >= 11 is 3.36. The lowest BCUT2D eigenvalue weighted by molar-refractivity contribution is 0.0641. The van der Waals surface area contributed by atoms with Crippen molar-refractivity contribution in [2.45, 2.75) is 26.2 Å². The third-order valence-corrected chi connectivity index (χ3v) is 2.73. The van der Waals surface area contributed by atoms with Crippen molar-refractivity contribution < 1.29 is 14.2 Å². The van der Waals surface area contributed by atoms with Crippen LogP contribution >= 0.6 is 15.9 Å². The van der Waals surface area contributed by atoms with Gasteiger partial charge in [-0.15, -0.1) is 0 Å². The van der Waals surface area contributed by atoms with E-state index in [1.54, 1.807) is 13.2 Å². The summed E-state index contributed by atoms with van der Waals surface area (Å²) in [5, 5.41) is 0. The van der Waals surface area contributed by atoms with Gasteiger partial charge in [-0.3, -0.25) is 0 Å². The van der Waals surface area contributed by atoms with Crippen molar-refractivity contribution in [2.24, 2.45) is 0 Å². The minimum absolute atomic E-state index is 0.275. The highest BCUT2D eigenvalue weighted by Crippen LogP contribution is 2.18. The van der Waals surface area contributed by atoms with E-state index < -0.39 is 0 Å². The average molecular weight is 333 g/mol. The van der Waals surface area contributed by atoms with Gasteiger partial charge in [0.25, 0.3) is 0 Å². The van der Waals surface area contributed by atoms with E-state index in [4.69, 9.17) is 14.2 Å². The summed E-state index contributed by atoms with van der Waals surface area (Å²) < 4.78 is 16.6. The quantitative estimate of drug-likeness (QED) is 0.514. The molecule has 1 aromatic rings. The van der Waals surface area contributed by atoms with Crippen molar-refractivity contribution in [3.63, 3.8) is 0 Å². The molecule has 0 amide bonds. The SMILES string of the molecule is COCCOCCCOc1cc(Br)nc(C(C)C)n1. The number of rotatable bonds is 9. The molecule has 0 aliphatic heterocycles. The maximum Gasteiger partial charge on any atom is 0.217 e. The maximum atomic E-state index is 5.59. The molecule has 1 heterocycles. The van der Waals surface area contributed by atoms with E-state index >= 15 is 0 Å². The molecular formula is C13H21BrN2O3. The van der Waals surface area contributed by atoms with Crippen LogP contribution in [0.1, 0.15) is 32.0 Å². The molecule has 108 valence electrons. The first-order valence-electron chi connectivity index (χ1n) is 6.37. The lowest BCUT2D eigenvalue weighted by Crippen LogP contribution is -2.08. The van der Waals surface area contributed by atoms with Gasteiger partial charge in [0.05, 0.1) is 19.8 Å². The largest absolute Gasteiger partial charge is 0.477 e. The summed E-state index contributed by atoms with van der Waals surface area (Å²) in [6, 6.07) is 1.78. The fourth-order valence-corrected chi connectivity index (χ4v) is 1.71. The summed E-state index contributed by atoms with van der Waals surface area (Å²) in [6.07, 6.45) is 0.822. The van der Waals surface area contributed by atoms with E-state index in [1.807, 2.05) is 0 Å². The number of ether oxygens (including phenoxy) is 3. The predicted octanol–water partition coefficient (Wildman–Crippen LogP) is 2.79. The van der Waals surface area contributed by atoms with Crippen molar-refractivity contribution in [1.29, 1.82) is 0 Å². The number of halogens is 1. The number of aromatic nitrogens is 2. The zero-order valence-electron chi connectivity index (χ0n) is 11.7. The van der Waals surface area contributed by atoms with Crippen LogP contribution in [0.25, 0.3) is 0 Å². The van der Waals surface area contributed by atoms with Crippen LogP contribution in [0.5, 0.6) is 5.88 Å². The van der Waals surface area contributed by atoms with Gasteiger partial charge < -0.3 is 14.2 Å². The van der Waals surface area contributed by atoms with E-state index in [1.165, 1.54) is 0 Å². The van der Waals surface area contributed by atoms with Crippen LogP contribution in [0.2, 0.25) is 0 Å². The summed E-state index contributed by atoms with van der Waals surface area (Å²) in [5.41, 5.74) is 0. The first-order valence-corrected chi connectivity index (χ1v) is 7.16. The third-order valence-electron chi connectivity index (χ3n) is 2.32. The fourth-order valence-electron chi connectivity index (χ4n) is 1.33. The van der Waals surface area contributed by atoms with Crippen molar-refractivity contribution in [3.8, 4) is 5.88 Å². The Kier molecular flexibility index (Phi) is 7.93. The van der Waals surface area contributed by atoms with Gasteiger partial charge in [0, 0.05) is 32.1 Å². The second-order valence-electron chi connectivity index (χ2n) is 4.35. The molecule has 0 aliphatic rings. The first-order chi connectivity index (χ1) is 9.13. The second kappa shape index (κ2) is 9.23. The molecule has 0 saturated carbocycles. The van der Waals surface area contributed by atoms with Crippen molar-refractivity contribution in [2.75, 3.05) is 33.5 Å². The average Bonchev–Trinajstić information content (AvgIpc) is 2.37. The molecule has 0 N–H and O–H groups in total. The van der Waals surface area contributed by atoms with Gasteiger partial charge in [0.15, 0.2) is 0 Å². The Labute approximate surface area is 122 Å². The second-order valence-corrected chi connectivity index (χ2v) is 5.16. The van der Waals surface area contributed by atoms with Gasteiger partial charge in [0.2, 0.25) is 5.88 Å². The van der Waals surface area contributed by atoms with Crippen LogP contribution in [0, 0.1) is 0 Å². The Bertz CT molecular complexity index is 375. The van der Waals surface area contributed by atoms with Crippen LogP contribution in [-0.2, 0) is 9.47 Å². The smallest absolute Gasteiger partial charge is 0.217 e. The van der Waals surface area contributed by atoms with Gasteiger partial charge in [0.1, 0.15) is 10.4 Å². The monoisotopic (exact) mass is 332 g/mol. The molecule has 19 heavy (non-hydrogen) atoms. The predicted molar refractivity (Wildman–Crippen MR) is 76.6 cm³/mol. The summed E-state index contributed by atoms with van der Waals surface area (Å²) in [6.45, 7) is 6.58. The lowest BCUT2D eigenvalue weighted by atomic mass is 10.2. The highest BCUT2D eigenvalue weighted by atomic mass is 79.9. The molecule has 0 atom stereocenters. The molecule has 0 saturated heterocycles. The Morgan fingerprint density at radius 3 is 2.63 bits per heavy atom. The van der Waals surface area contributed by atoms with Crippen molar-refractivity contribution >= 4 is 15.9 Å². The van der Waals surface area contributed by atoms with Gasteiger partial charge in [-0.05, 0) is 15.9 Å². The summed E-state index contributed by atoms with van der Waals surface area (Å²) in [5.74, 6) is 1.65. The van der Waals surface area contributed by atoms with Crippen LogP contribution in [0.15, 0.2) is 10.7 Å². The summed E-state index contributed by atoms with van der Waals surface area (Å²) in [7, 11) is 1.66. The van der Waals surface area contributed by atoms with Crippen LogP contribution in [0.3, 0.4) is 0 Å². The Balaban J connectivity index is 2.29. The van der Waals surface area contributed by atoms with Gasteiger partial charge in [-0.1, -0.05) is 13.8 Å². The fraction of sp³-hybridized carbons (Fsp3) is 0.692. The first kappa shape index (κ1) is 16.3. The van der Waals surface area contributed by atoms with Crippen LogP contribution in [0.4, 0.5) is 0 Å². The number of hydrogen-bond donors (Lipinski definition) is 0. The van der Waals surface area contributed by atoms with E-state index in [-0.39, 0.29) is 5.92 Å². The molecule has 0 radical (unpaired) electrons. The summed E-state index contributed by atoms with van der Waals surface area (Å²) in [4.78, 5) is 8.65. The molecule has 5 nitrogen and oxygen atoms in total. The highest BCUT2D eigenvalue weighted by molar-refractivity contribution is 9.10. The Morgan fingerprint density at radius 1 is 1.16 bits per heavy atom. The van der Waals surface area contributed by atoms with Crippen LogP contribution in [-0.4, -0.2) is 43.5 Å². The Morgan fingerprint density at radius 2 is 1.95 bits per heavy atom. The third kappa shape index (κ3) is 6.84. The minimum atomic E-state index is 0.275. The van der Waals surface area contributed by atoms with Crippen molar-refractivity contribution in [1.82, 2.24) is 9.97 Å². The number of hydrogen-bond acceptors (Lipinski definition) is 5. The standard InChI is InChI=1S/C13H21BrN2O3/c1-10(2)13-15-11(14)9-12(16-13)19-6-4-5-18-8-7-17-3/h9-10H,4-8H2,1-3H3. The Hall–Kier alpha value is -0.720. The maximum absolute atomic E-state index is 5.59. The molecule has 0 aromatic carbocycles. The van der Waals surface area contributed by atoms with E-state index in [2.05, 4.69) is 39.7 Å². The molecule has 0 aliphatic carbocycles. The van der Waals surface area contributed by atoms with E-state index in [0.29, 0.717) is 32.3 Å². The zero-order chi connectivity index (χ0) is 14.1. The molecule has 1 aromatic heterocycles. The van der Waals surface area contributed by atoms with Crippen molar-refractivity contribution in [3.05, 3.63) is 16.5 Å². The molecular weight excluding hydrogens is 312 g/mol. The highest BCUT2D eigenvalue weighted by Gasteiger charge is 2.07. The van der Waals surface area contributed by atoms with Gasteiger partial charge in [-0.2, -0.15) is 4.98 Å². The van der Waals surface area contributed by atoms with Crippen LogP contribution < -0.4 is 4.74 Å². The zero-order valence-corrected chi connectivity index (χ0v) is 13.3. The van der Waals surface area contributed by atoms with Gasteiger partial charge in [-0.25, -0.2) is 4.98 Å². The number of nitrogens with zero attached hydrogens (tertiary/aromatic N) is 2. The van der Waals surface area contributed by atoms with Gasteiger partial charge >= 0.3 is 0 Å². The molecule has 0 spiro atoms. The van der Waals surface area contributed by atoms with E-state index in [0.717, 1.165) is 16.8 Å². The molecule has 0 fully saturated rings. The lowest BCUT2D eigenvalue weighted by Gasteiger charge is -2.09. The normalized spacial score (nSPS) is 11.0. The molecule has 1 rings (SSSR count).